The normalized spacial score (nSPS) is 29.6. The molecule has 0 bridgehead atoms. The number of fused-ring (bicyclic) bond motifs is 1. The minimum Gasteiger partial charge on any atom is -0.481 e. The second-order valence-electron chi connectivity index (χ2n) is 6.32. The molecule has 2 aliphatic rings. The van der Waals surface area contributed by atoms with Crippen molar-refractivity contribution in [3.05, 3.63) is 0 Å². The predicted molar refractivity (Wildman–Crippen MR) is 81.1 cm³/mol. The van der Waals surface area contributed by atoms with Crippen LogP contribution in [0.15, 0.2) is 0 Å². The Morgan fingerprint density at radius 2 is 1.84 bits per heavy atom. The SMILES string of the molecule is C[C@]1(COC(=O)CCCCC(=O)O)[C@H](C(=O)O)N2C(=O)C[C@H]2S1(=O)=O. The molecule has 2 N–H and O–H groups in total. The predicted octanol–water partition coefficient (Wildman–Crippen LogP) is -0.627. The first kappa shape index (κ1) is 19.2. The third kappa shape index (κ3) is 3.20. The lowest BCUT2D eigenvalue weighted by Crippen LogP contribution is -2.58. The van der Waals surface area contributed by atoms with Crippen LogP contribution in [0, 0.1) is 0 Å². The Labute approximate surface area is 143 Å². The van der Waals surface area contributed by atoms with Gasteiger partial charge in [-0.1, -0.05) is 0 Å². The number of nitrogens with zero attached hydrogens (tertiary/aromatic N) is 1. The van der Waals surface area contributed by atoms with Gasteiger partial charge in [-0.15, -0.1) is 0 Å². The van der Waals surface area contributed by atoms with E-state index < -0.39 is 56.4 Å². The lowest BCUT2D eigenvalue weighted by molar-refractivity contribution is -0.159. The molecule has 25 heavy (non-hydrogen) atoms. The van der Waals surface area contributed by atoms with Crippen LogP contribution in [-0.2, 0) is 33.8 Å². The van der Waals surface area contributed by atoms with Gasteiger partial charge in [0.25, 0.3) is 0 Å². The maximum Gasteiger partial charge on any atom is 0.328 e. The Balaban J connectivity index is 2.03. The first-order valence-corrected chi connectivity index (χ1v) is 9.22. The minimum absolute atomic E-state index is 0.0980. The zero-order valence-electron chi connectivity index (χ0n) is 13.5. The third-order valence-electron chi connectivity index (χ3n) is 4.59. The maximum absolute atomic E-state index is 12.6. The Morgan fingerprint density at radius 3 is 2.36 bits per heavy atom. The number of carbonyl (C=O) groups excluding carboxylic acids is 2. The number of aliphatic carboxylic acids is 2. The number of sulfone groups is 1. The van der Waals surface area contributed by atoms with Crippen LogP contribution in [-0.4, -0.2) is 70.1 Å². The van der Waals surface area contributed by atoms with Crippen molar-refractivity contribution < 1.29 is 42.5 Å². The van der Waals surface area contributed by atoms with Crippen molar-refractivity contribution in [3.8, 4) is 0 Å². The summed E-state index contributed by atoms with van der Waals surface area (Å²) in [4.78, 5) is 46.0. The molecule has 0 saturated carbocycles. The zero-order chi connectivity index (χ0) is 19.0. The van der Waals surface area contributed by atoms with Gasteiger partial charge in [0, 0.05) is 12.8 Å². The van der Waals surface area contributed by atoms with Crippen molar-refractivity contribution in [1.29, 1.82) is 0 Å². The second-order valence-corrected chi connectivity index (χ2v) is 8.89. The summed E-state index contributed by atoms with van der Waals surface area (Å²) >= 11 is 0. The van der Waals surface area contributed by atoms with Crippen LogP contribution in [0.5, 0.6) is 0 Å². The van der Waals surface area contributed by atoms with Gasteiger partial charge in [0.05, 0.1) is 6.42 Å². The molecule has 0 spiro atoms. The van der Waals surface area contributed by atoms with Crippen LogP contribution in [0.25, 0.3) is 0 Å². The first-order chi connectivity index (χ1) is 11.5. The molecule has 0 unspecified atom stereocenters. The molecular weight excluding hydrogens is 358 g/mol. The lowest BCUT2D eigenvalue weighted by Gasteiger charge is -2.35. The number of hydrogen-bond acceptors (Lipinski definition) is 7. The van der Waals surface area contributed by atoms with Crippen LogP contribution in [0.2, 0.25) is 0 Å². The number of carbonyl (C=O) groups is 4. The van der Waals surface area contributed by atoms with Gasteiger partial charge in [0.2, 0.25) is 5.91 Å². The number of β-lactam (4-membered cyclic amide) rings is 1. The van der Waals surface area contributed by atoms with Gasteiger partial charge in [-0.25, -0.2) is 13.2 Å². The Bertz CT molecular complexity index is 716. The number of hydrogen-bond donors (Lipinski definition) is 2. The third-order valence-corrected chi connectivity index (χ3v) is 7.34. The summed E-state index contributed by atoms with van der Waals surface area (Å²) in [5.74, 6) is -3.77. The number of esters is 1. The minimum atomic E-state index is -4.02. The van der Waals surface area contributed by atoms with Gasteiger partial charge < -0.3 is 19.8 Å². The largest absolute Gasteiger partial charge is 0.481 e. The summed E-state index contributed by atoms with van der Waals surface area (Å²) in [6.07, 6.45) is 0.0452. The van der Waals surface area contributed by atoms with E-state index in [9.17, 15) is 32.7 Å². The summed E-state index contributed by atoms with van der Waals surface area (Å²) in [7, 11) is -4.02. The molecule has 2 aliphatic heterocycles. The summed E-state index contributed by atoms with van der Waals surface area (Å²) in [6.45, 7) is 0.481. The fourth-order valence-electron chi connectivity index (χ4n) is 3.11. The molecule has 2 saturated heterocycles. The van der Waals surface area contributed by atoms with Crippen molar-refractivity contribution in [2.24, 2.45) is 0 Å². The van der Waals surface area contributed by atoms with Crippen LogP contribution in [0.1, 0.15) is 39.0 Å². The average molecular weight is 377 g/mol. The molecule has 0 aliphatic carbocycles. The quantitative estimate of drug-likeness (QED) is 0.319. The molecule has 10 nitrogen and oxygen atoms in total. The topological polar surface area (TPSA) is 155 Å². The van der Waals surface area contributed by atoms with Crippen LogP contribution in [0.3, 0.4) is 0 Å². The smallest absolute Gasteiger partial charge is 0.328 e. The molecule has 0 radical (unpaired) electrons. The van der Waals surface area contributed by atoms with Crippen LogP contribution < -0.4 is 0 Å². The van der Waals surface area contributed by atoms with E-state index in [1.807, 2.05) is 0 Å². The molecule has 2 fully saturated rings. The van der Waals surface area contributed by atoms with Gasteiger partial charge in [0.1, 0.15) is 16.7 Å². The van der Waals surface area contributed by atoms with Crippen LogP contribution >= 0.6 is 0 Å². The molecule has 0 aromatic heterocycles. The highest BCUT2D eigenvalue weighted by Gasteiger charge is 2.70. The Morgan fingerprint density at radius 1 is 1.24 bits per heavy atom. The number of ether oxygens (including phenoxy) is 1. The van der Waals surface area contributed by atoms with E-state index in [0.717, 1.165) is 11.8 Å². The molecule has 0 aromatic carbocycles. The molecule has 0 aromatic rings. The fourth-order valence-corrected chi connectivity index (χ4v) is 5.38. The van der Waals surface area contributed by atoms with E-state index in [0.29, 0.717) is 0 Å². The van der Waals surface area contributed by atoms with E-state index >= 15 is 0 Å². The fraction of sp³-hybridized carbons (Fsp3) is 0.714. The van der Waals surface area contributed by atoms with Gasteiger partial charge >= 0.3 is 17.9 Å². The van der Waals surface area contributed by atoms with E-state index in [1.165, 1.54) is 0 Å². The molecule has 2 rings (SSSR count). The van der Waals surface area contributed by atoms with Crippen molar-refractivity contribution >= 4 is 33.7 Å². The summed E-state index contributed by atoms with van der Waals surface area (Å²) in [5, 5.41) is 16.7. The molecule has 11 heteroatoms. The standard InChI is InChI=1S/C14H19NO9S/c1-14(7-24-11(19)5-3-2-4-10(17)18)12(13(20)21)15-8(16)6-9(15)25(14,22)23/h9,12H,2-7H2,1H3,(H,17,18)(H,20,21)/t9-,12+,14+/m1/s1. The van der Waals surface area contributed by atoms with Crippen LogP contribution in [0.4, 0.5) is 0 Å². The molecular formula is C14H19NO9S. The summed E-state index contributed by atoms with van der Waals surface area (Å²) < 4.78 is 28.2. The summed E-state index contributed by atoms with van der Waals surface area (Å²) in [5.41, 5.74) is 0. The van der Waals surface area contributed by atoms with Crippen molar-refractivity contribution in [2.75, 3.05) is 6.61 Å². The Kier molecular flexibility index (Phi) is 5.07. The molecule has 140 valence electrons. The first-order valence-electron chi connectivity index (χ1n) is 7.67. The van der Waals surface area contributed by atoms with E-state index in [2.05, 4.69) is 0 Å². The maximum atomic E-state index is 12.6. The molecule has 2 heterocycles. The highest BCUT2D eigenvalue weighted by Crippen LogP contribution is 2.46. The van der Waals surface area contributed by atoms with Gasteiger partial charge in [-0.05, 0) is 19.8 Å². The van der Waals surface area contributed by atoms with E-state index in [4.69, 9.17) is 9.84 Å². The van der Waals surface area contributed by atoms with Gasteiger partial charge in [0.15, 0.2) is 15.9 Å². The monoisotopic (exact) mass is 377 g/mol. The van der Waals surface area contributed by atoms with Gasteiger partial charge in [-0.2, -0.15) is 0 Å². The van der Waals surface area contributed by atoms with Crippen molar-refractivity contribution in [2.45, 2.75) is 55.2 Å². The Hall–Kier alpha value is -2.17. The highest BCUT2D eigenvalue weighted by atomic mass is 32.2. The molecule has 3 atom stereocenters. The second kappa shape index (κ2) is 6.62. The average Bonchev–Trinajstić information content (AvgIpc) is 2.64. The highest BCUT2D eigenvalue weighted by molar-refractivity contribution is 7.94. The number of carboxylic acids is 2. The zero-order valence-corrected chi connectivity index (χ0v) is 14.3. The number of unbranched alkanes of at least 4 members (excludes halogenated alkanes) is 1. The van der Waals surface area contributed by atoms with E-state index in [-0.39, 0.29) is 32.1 Å². The van der Waals surface area contributed by atoms with Crippen molar-refractivity contribution in [3.63, 3.8) is 0 Å². The van der Waals surface area contributed by atoms with Crippen molar-refractivity contribution in [1.82, 2.24) is 4.90 Å². The van der Waals surface area contributed by atoms with Gasteiger partial charge in [-0.3, -0.25) is 14.4 Å². The number of carboxylic acid groups (broad SMARTS) is 2. The number of amides is 1. The van der Waals surface area contributed by atoms with E-state index in [1.54, 1.807) is 0 Å². The summed E-state index contributed by atoms with van der Waals surface area (Å²) in [6, 6.07) is -1.61. The lowest BCUT2D eigenvalue weighted by atomic mass is 9.97. The number of rotatable bonds is 8. The molecule has 1 amide bonds.